The van der Waals surface area contributed by atoms with Crippen molar-refractivity contribution in [3.8, 4) is 0 Å². The van der Waals surface area contributed by atoms with Crippen LogP contribution in [0.15, 0.2) is 35.3 Å². The first kappa shape index (κ1) is 23.1. The first-order valence-electron chi connectivity index (χ1n) is 9.29. The molecule has 0 saturated carbocycles. The summed E-state index contributed by atoms with van der Waals surface area (Å²) in [5.74, 6) is 0.520. The largest absolute Gasteiger partial charge is 0.383 e. The van der Waals surface area contributed by atoms with E-state index in [0.29, 0.717) is 19.1 Å². The van der Waals surface area contributed by atoms with Gasteiger partial charge in [-0.2, -0.15) is 0 Å². The third-order valence-electron chi connectivity index (χ3n) is 4.49. The summed E-state index contributed by atoms with van der Waals surface area (Å²) >= 11 is 0. The van der Waals surface area contributed by atoms with E-state index in [1.807, 2.05) is 0 Å². The second-order valence-corrected chi connectivity index (χ2v) is 6.50. The molecule has 0 unspecified atom stereocenters. The quantitative estimate of drug-likeness (QED) is 0.234. The molecule has 1 heterocycles. The number of nitrogens with two attached hydrogens (primary N) is 1. The number of hydrogen-bond donors (Lipinski definition) is 2. The van der Waals surface area contributed by atoms with Gasteiger partial charge in [-0.15, -0.1) is 24.0 Å². The van der Waals surface area contributed by atoms with Crippen LogP contribution >= 0.6 is 24.0 Å². The molecular weight excluding hydrogens is 441 g/mol. The Morgan fingerprint density at radius 1 is 1.12 bits per heavy atom. The van der Waals surface area contributed by atoms with Crippen LogP contribution in [0.25, 0.3) is 0 Å². The minimum absolute atomic E-state index is 0. The molecule has 3 N–H and O–H groups in total. The third kappa shape index (κ3) is 9.70. The lowest BCUT2D eigenvalue weighted by Gasteiger charge is -2.34. The molecular formula is C19H34IN5O. The number of benzene rings is 1. The van der Waals surface area contributed by atoms with Crippen molar-refractivity contribution >= 4 is 29.9 Å². The molecule has 1 aliphatic rings. The van der Waals surface area contributed by atoms with Crippen molar-refractivity contribution < 1.29 is 4.74 Å². The Morgan fingerprint density at radius 2 is 1.81 bits per heavy atom. The van der Waals surface area contributed by atoms with Crippen LogP contribution in [-0.4, -0.2) is 75.3 Å². The van der Waals surface area contributed by atoms with E-state index in [0.717, 1.165) is 52.2 Å². The fourth-order valence-electron chi connectivity index (χ4n) is 3.00. The maximum atomic E-state index is 5.79. The maximum absolute atomic E-state index is 5.79. The Kier molecular flexibility index (Phi) is 12.6. The van der Waals surface area contributed by atoms with Gasteiger partial charge in [0.15, 0.2) is 5.96 Å². The van der Waals surface area contributed by atoms with Crippen molar-refractivity contribution in [2.24, 2.45) is 10.7 Å². The van der Waals surface area contributed by atoms with Gasteiger partial charge >= 0.3 is 0 Å². The van der Waals surface area contributed by atoms with Crippen LogP contribution in [0, 0.1) is 0 Å². The Morgan fingerprint density at radius 3 is 2.50 bits per heavy atom. The van der Waals surface area contributed by atoms with Crippen LogP contribution in [0.1, 0.15) is 18.4 Å². The molecule has 1 fully saturated rings. The van der Waals surface area contributed by atoms with Gasteiger partial charge in [0.1, 0.15) is 0 Å². The molecule has 1 saturated heterocycles. The van der Waals surface area contributed by atoms with Crippen molar-refractivity contribution in [2.45, 2.75) is 19.4 Å². The number of ether oxygens (including phenoxy) is 1. The molecule has 1 aromatic rings. The number of nitrogens with zero attached hydrogens (tertiary/aromatic N) is 3. The predicted octanol–water partition coefficient (Wildman–Crippen LogP) is 1.75. The molecule has 0 amide bonds. The van der Waals surface area contributed by atoms with Gasteiger partial charge in [-0.05, 0) is 24.9 Å². The van der Waals surface area contributed by atoms with Crippen LogP contribution < -0.4 is 11.1 Å². The number of piperazine rings is 1. The zero-order valence-electron chi connectivity index (χ0n) is 15.9. The Bertz CT molecular complexity index is 492. The van der Waals surface area contributed by atoms with Gasteiger partial charge in [0, 0.05) is 52.9 Å². The first-order valence-corrected chi connectivity index (χ1v) is 9.29. The summed E-state index contributed by atoms with van der Waals surface area (Å²) in [5, 5.41) is 3.04. The van der Waals surface area contributed by atoms with Crippen LogP contribution in [0.3, 0.4) is 0 Å². The SMILES string of the molecule is COCCNC(N)=NCCCCN1CCN(Cc2ccccc2)CC1.I. The van der Waals surface area contributed by atoms with Crippen LogP contribution in [0.5, 0.6) is 0 Å². The van der Waals surface area contributed by atoms with E-state index in [-0.39, 0.29) is 24.0 Å². The van der Waals surface area contributed by atoms with Gasteiger partial charge < -0.3 is 20.7 Å². The van der Waals surface area contributed by atoms with E-state index in [9.17, 15) is 0 Å². The van der Waals surface area contributed by atoms with Gasteiger partial charge in [-0.25, -0.2) is 0 Å². The number of rotatable bonds is 10. The number of methoxy groups -OCH3 is 1. The van der Waals surface area contributed by atoms with Gasteiger partial charge in [-0.1, -0.05) is 30.3 Å². The highest BCUT2D eigenvalue weighted by Gasteiger charge is 2.16. The molecule has 26 heavy (non-hydrogen) atoms. The number of aliphatic imine (C=N–C) groups is 1. The molecule has 0 aromatic heterocycles. The average molecular weight is 475 g/mol. The highest BCUT2D eigenvalue weighted by atomic mass is 127. The van der Waals surface area contributed by atoms with Crippen molar-refractivity contribution in [3.63, 3.8) is 0 Å². The zero-order valence-corrected chi connectivity index (χ0v) is 18.2. The van der Waals surface area contributed by atoms with Crippen molar-refractivity contribution in [3.05, 3.63) is 35.9 Å². The van der Waals surface area contributed by atoms with Crippen LogP contribution in [0.2, 0.25) is 0 Å². The second-order valence-electron chi connectivity index (χ2n) is 6.50. The minimum Gasteiger partial charge on any atom is -0.383 e. The summed E-state index contributed by atoms with van der Waals surface area (Å²) < 4.78 is 4.96. The van der Waals surface area contributed by atoms with Gasteiger partial charge in [0.25, 0.3) is 0 Å². The number of unbranched alkanes of at least 4 members (excludes halogenated alkanes) is 1. The lowest BCUT2D eigenvalue weighted by molar-refractivity contribution is 0.126. The van der Waals surface area contributed by atoms with E-state index < -0.39 is 0 Å². The monoisotopic (exact) mass is 475 g/mol. The molecule has 7 heteroatoms. The number of nitrogens with one attached hydrogen (secondary N) is 1. The molecule has 2 rings (SSSR count). The molecule has 0 bridgehead atoms. The number of guanidine groups is 1. The maximum Gasteiger partial charge on any atom is 0.188 e. The average Bonchev–Trinajstić information content (AvgIpc) is 2.64. The first-order chi connectivity index (χ1) is 12.3. The topological polar surface area (TPSA) is 66.1 Å². The fraction of sp³-hybridized carbons (Fsp3) is 0.632. The van der Waals surface area contributed by atoms with E-state index in [1.165, 1.54) is 12.0 Å². The van der Waals surface area contributed by atoms with Gasteiger partial charge in [0.05, 0.1) is 6.61 Å². The molecule has 148 valence electrons. The summed E-state index contributed by atoms with van der Waals surface area (Å²) in [6, 6.07) is 10.7. The zero-order chi connectivity index (χ0) is 17.7. The fourth-order valence-corrected chi connectivity index (χ4v) is 3.00. The Hall–Kier alpha value is -0.900. The number of hydrogen-bond acceptors (Lipinski definition) is 4. The summed E-state index contributed by atoms with van der Waals surface area (Å²) in [7, 11) is 1.68. The molecule has 0 atom stereocenters. The van der Waals surface area contributed by atoms with E-state index in [2.05, 4.69) is 50.4 Å². The predicted molar refractivity (Wildman–Crippen MR) is 119 cm³/mol. The van der Waals surface area contributed by atoms with Crippen molar-refractivity contribution in [1.82, 2.24) is 15.1 Å². The lowest BCUT2D eigenvalue weighted by atomic mass is 10.2. The molecule has 1 aliphatic heterocycles. The van der Waals surface area contributed by atoms with E-state index in [1.54, 1.807) is 7.11 Å². The molecule has 0 aliphatic carbocycles. The molecule has 1 aromatic carbocycles. The van der Waals surface area contributed by atoms with E-state index >= 15 is 0 Å². The summed E-state index contributed by atoms with van der Waals surface area (Å²) in [6.07, 6.45) is 2.25. The van der Waals surface area contributed by atoms with Crippen molar-refractivity contribution in [2.75, 3.05) is 59.5 Å². The van der Waals surface area contributed by atoms with Crippen LogP contribution in [0.4, 0.5) is 0 Å². The highest BCUT2D eigenvalue weighted by Crippen LogP contribution is 2.09. The lowest BCUT2D eigenvalue weighted by Crippen LogP contribution is -2.46. The number of halogens is 1. The molecule has 6 nitrogen and oxygen atoms in total. The highest BCUT2D eigenvalue weighted by molar-refractivity contribution is 14.0. The Labute approximate surface area is 175 Å². The van der Waals surface area contributed by atoms with Gasteiger partial charge in [-0.3, -0.25) is 9.89 Å². The van der Waals surface area contributed by atoms with Crippen LogP contribution in [-0.2, 0) is 11.3 Å². The standard InChI is InChI=1S/C19H33N5O.HI/c1-25-16-10-22-19(20)21-9-5-6-11-23-12-14-24(15-13-23)17-18-7-3-2-4-8-18;/h2-4,7-8H,5-6,9-17H2,1H3,(H3,20,21,22);1H. The summed E-state index contributed by atoms with van der Waals surface area (Å²) in [5.41, 5.74) is 7.19. The normalized spacial score (nSPS) is 16.3. The summed E-state index contributed by atoms with van der Waals surface area (Å²) in [6.45, 7) is 9.01. The molecule has 0 radical (unpaired) electrons. The molecule has 0 spiro atoms. The van der Waals surface area contributed by atoms with Crippen molar-refractivity contribution in [1.29, 1.82) is 0 Å². The van der Waals surface area contributed by atoms with E-state index in [4.69, 9.17) is 10.5 Å². The minimum atomic E-state index is 0. The summed E-state index contributed by atoms with van der Waals surface area (Å²) in [4.78, 5) is 9.44. The third-order valence-corrected chi connectivity index (χ3v) is 4.49. The second kappa shape index (κ2) is 14.2. The Balaban J connectivity index is 0.00000338. The smallest absolute Gasteiger partial charge is 0.188 e. The van der Waals surface area contributed by atoms with Gasteiger partial charge in [0.2, 0.25) is 0 Å².